The van der Waals surface area contributed by atoms with Gasteiger partial charge in [-0.3, -0.25) is 4.18 Å². The van der Waals surface area contributed by atoms with E-state index in [9.17, 15) is 8.42 Å². The summed E-state index contributed by atoms with van der Waals surface area (Å²) in [5, 5.41) is 0. The van der Waals surface area contributed by atoms with Crippen molar-refractivity contribution >= 4 is 10.1 Å². The van der Waals surface area contributed by atoms with E-state index in [4.69, 9.17) is 4.18 Å². The molecule has 1 saturated carbocycles. The van der Waals surface area contributed by atoms with Gasteiger partial charge in [-0.05, 0) is 49.7 Å². The van der Waals surface area contributed by atoms with Crippen LogP contribution in [0.15, 0.2) is 29.2 Å². The van der Waals surface area contributed by atoms with E-state index < -0.39 is 10.1 Å². The first-order valence-corrected chi connectivity index (χ1v) is 9.20. The third-order valence-electron chi connectivity index (χ3n) is 4.52. The Bertz CT molecular complexity index is 560. The highest BCUT2D eigenvalue weighted by atomic mass is 32.2. The van der Waals surface area contributed by atoms with Crippen molar-refractivity contribution in [1.82, 2.24) is 0 Å². The summed E-state index contributed by atoms with van der Waals surface area (Å²) >= 11 is 0. The van der Waals surface area contributed by atoms with Crippen LogP contribution in [-0.2, 0) is 14.3 Å². The summed E-state index contributed by atoms with van der Waals surface area (Å²) < 4.78 is 30.5. The molecule has 1 fully saturated rings. The van der Waals surface area contributed by atoms with Gasteiger partial charge in [-0.1, -0.05) is 44.9 Å². The molecule has 1 unspecified atom stereocenters. The van der Waals surface area contributed by atoms with Crippen LogP contribution < -0.4 is 0 Å². The van der Waals surface area contributed by atoms with Gasteiger partial charge in [0.25, 0.3) is 10.1 Å². The molecular formula is C17H26O3S. The van der Waals surface area contributed by atoms with Gasteiger partial charge in [0.1, 0.15) is 0 Å². The third kappa shape index (κ3) is 4.07. The number of benzene rings is 1. The zero-order chi connectivity index (χ0) is 15.6. The minimum atomic E-state index is -3.67. The Morgan fingerprint density at radius 3 is 2.33 bits per heavy atom. The van der Waals surface area contributed by atoms with Crippen molar-refractivity contribution in [1.29, 1.82) is 0 Å². The SMILES string of the molecule is Cc1ccc(S(=O)(=O)O[C@@H]2C[C@H](C)CCC2C(C)C)cc1. The molecule has 0 amide bonds. The lowest BCUT2D eigenvalue weighted by Crippen LogP contribution is -2.35. The molecule has 1 aliphatic carbocycles. The Morgan fingerprint density at radius 1 is 1.14 bits per heavy atom. The van der Waals surface area contributed by atoms with Crippen LogP contribution in [0.1, 0.15) is 45.6 Å². The van der Waals surface area contributed by atoms with Crippen molar-refractivity contribution < 1.29 is 12.6 Å². The summed E-state index contributed by atoms with van der Waals surface area (Å²) in [4.78, 5) is 0.258. The molecule has 0 aromatic heterocycles. The van der Waals surface area contributed by atoms with E-state index >= 15 is 0 Å². The van der Waals surface area contributed by atoms with E-state index in [1.165, 1.54) is 0 Å². The molecule has 0 aliphatic heterocycles. The summed E-state index contributed by atoms with van der Waals surface area (Å²) in [7, 11) is -3.67. The third-order valence-corrected chi connectivity index (χ3v) is 5.87. The molecule has 1 aliphatic rings. The summed E-state index contributed by atoms with van der Waals surface area (Å²) in [6, 6.07) is 6.86. The largest absolute Gasteiger partial charge is 0.297 e. The summed E-state index contributed by atoms with van der Waals surface area (Å²) in [5.41, 5.74) is 1.04. The quantitative estimate of drug-likeness (QED) is 0.784. The molecule has 0 N–H and O–H groups in total. The first-order chi connectivity index (χ1) is 9.79. The lowest BCUT2D eigenvalue weighted by molar-refractivity contribution is 0.0511. The molecule has 0 saturated heterocycles. The highest BCUT2D eigenvalue weighted by molar-refractivity contribution is 7.86. The predicted molar refractivity (Wildman–Crippen MR) is 84.6 cm³/mol. The number of hydrogen-bond acceptors (Lipinski definition) is 3. The average Bonchev–Trinajstić information content (AvgIpc) is 2.38. The molecule has 0 radical (unpaired) electrons. The van der Waals surface area contributed by atoms with Crippen LogP contribution in [0.25, 0.3) is 0 Å². The zero-order valence-electron chi connectivity index (χ0n) is 13.4. The van der Waals surface area contributed by atoms with Gasteiger partial charge >= 0.3 is 0 Å². The fourth-order valence-electron chi connectivity index (χ4n) is 3.15. The Hall–Kier alpha value is -0.870. The van der Waals surface area contributed by atoms with Gasteiger partial charge in [0.2, 0.25) is 0 Å². The van der Waals surface area contributed by atoms with Gasteiger partial charge in [-0.15, -0.1) is 0 Å². The Morgan fingerprint density at radius 2 is 1.76 bits per heavy atom. The van der Waals surface area contributed by atoms with Gasteiger partial charge in [0.05, 0.1) is 11.0 Å². The lowest BCUT2D eigenvalue weighted by Gasteiger charge is -2.36. The van der Waals surface area contributed by atoms with E-state index in [1.807, 2.05) is 6.92 Å². The second-order valence-corrected chi connectivity index (χ2v) is 8.30. The van der Waals surface area contributed by atoms with E-state index in [2.05, 4.69) is 20.8 Å². The highest BCUT2D eigenvalue weighted by Crippen LogP contribution is 2.36. The van der Waals surface area contributed by atoms with E-state index in [-0.39, 0.29) is 11.0 Å². The Kier molecular flexibility index (Phi) is 5.10. The fourth-order valence-corrected chi connectivity index (χ4v) is 4.28. The van der Waals surface area contributed by atoms with Crippen LogP contribution in [0.4, 0.5) is 0 Å². The molecule has 118 valence electrons. The second kappa shape index (κ2) is 6.49. The molecule has 0 heterocycles. The number of rotatable bonds is 4. The molecule has 21 heavy (non-hydrogen) atoms. The number of hydrogen-bond donors (Lipinski definition) is 0. The molecule has 1 aromatic carbocycles. The normalized spacial score (nSPS) is 27.0. The molecule has 0 bridgehead atoms. The summed E-state index contributed by atoms with van der Waals surface area (Å²) in [6.07, 6.45) is 2.84. The smallest absolute Gasteiger partial charge is 0.263 e. The lowest BCUT2D eigenvalue weighted by atomic mass is 9.75. The van der Waals surface area contributed by atoms with Crippen molar-refractivity contribution in [2.45, 2.75) is 58.0 Å². The Labute approximate surface area is 128 Å². The minimum Gasteiger partial charge on any atom is -0.263 e. The first-order valence-electron chi connectivity index (χ1n) is 7.79. The minimum absolute atomic E-state index is 0.194. The van der Waals surface area contributed by atoms with Crippen molar-refractivity contribution in [3.8, 4) is 0 Å². The van der Waals surface area contributed by atoms with Gasteiger partial charge in [-0.25, -0.2) is 0 Å². The van der Waals surface area contributed by atoms with E-state index in [0.29, 0.717) is 17.8 Å². The summed E-state index contributed by atoms with van der Waals surface area (Å²) in [5.74, 6) is 1.29. The van der Waals surface area contributed by atoms with Gasteiger partial charge in [0, 0.05) is 0 Å². The topological polar surface area (TPSA) is 43.4 Å². The molecule has 1 aromatic rings. The van der Waals surface area contributed by atoms with Gasteiger partial charge < -0.3 is 0 Å². The maximum absolute atomic E-state index is 12.5. The van der Waals surface area contributed by atoms with E-state index in [1.54, 1.807) is 24.3 Å². The summed E-state index contributed by atoms with van der Waals surface area (Å²) in [6.45, 7) is 8.41. The molecule has 2 rings (SSSR count). The van der Waals surface area contributed by atoms with Crippen molar-refractivity contribution in [3.05, 3.63) is 29.8 Å². The standard InChI is InChI=1S/C17H26O3S/c1-12(2)16-10-7-14(4)11-17(16)20-21(18,19)15-8-5-13(3)6-9-15/h5-6,8-9,12,14,16-17H,7,10-11H2,1-4H3/t14-,16?,17-/m1/s1. The van der Waals surface area contributed by atoms with Crippen molar-refractivity contribution in [2.75, 3.05) is 0 Å². The van der Waals surface area contributed by atoms with Gasteiger partial charge in [0.15, 0.2) is 0 Å². The Balaban J connectivity index is 2.19. The van der Waals surface area contributed by atoms with E-state index in [0.717, 1.165) is 24.8 Å². The average molecular weight is 310 g/mol. The van der Waals surface area contributed by atoms with Gasteiger partial charge in [-0.2, -0.15) is 8.42 Å². The van der Waals surface area contributed by atoms with Crippen LogP contribution in [0, 0.1) is 24.7 Å². The monoisotopic (exact) mass is 310 g/mol. The van der Waals surface area contributed by atoms with Crippen LogP contribution in [0.5, 0.6) is 0 Å². The molecule has 0 spiro atoms. The number of aryl methyl sites for hydroxylation is 1. The predicted octanol–water partition coefficient (Wildman–Crippen LogP) is 4.16. The zero-order valence-corrected chi connectivity index (χ0v) is 14.2. The van der Waals surface area contributed by atoms with Crippen LogP contribution in [0.2, 0.25) is 0 Å². The fraction of sp³-hybridized carbons (Fsp3) is 0.647. The maximum atomic E-state index is 12.5. The van der Waals surface area contributed by atoms with Crippen molar-refractivity contribution in [2.24, 2.45) is 17.8 Å². The maximum Gasteiger partial charge on any atom is 0.297 e. The molecular weight excluding hydrogens is 284 g/mol. The molecule has 4 heteroatoms. The first kappa shape index (κ1) is 16.5. The van der Waals surface area contributed by atoms with Crippen LogP contribution >= 0.6 is 0 Å². The van der Waals surface area contributed by atoms with Crippen LogP contribution in [0.3, 0.4) is 0 Å². The second-order valence-electron chi connectivity index (χ2n) is 6.73. The van der Waals surface area contributed by atoms with Crippen LogP contribution in [-0.4, -0.2) is 14.5 Å². The molecule has 3 nitrogen and oxygen atoms in total. The highest BCUT2D eigenvalue weighted by Gasteiger charge is 2.35. The molecule has 3 atom stereocenters. The van der Waals surface area contributed by atoms with Crippen molar-refractivity contribution in [3.63, 3.8) is 0 Å².